The second-order valence-corrected chi connectivity index (χ2v) is 8.18. The van der Waals surface area contributed by atoms with Gasteiger partial charge in [0.1, 0.15) is 11.5 Å². The number of rotatable bonds is 4. The Morgan fingerprint density at radius 3 is 2.48 bits per heavy atom. The van der Waals surface area contributed by atoms with Crippen LogP contribution in [0, 0.1) is 0 Å². The van der Waals surface area contributed by atoms with Gasteiger partial charge >= 0.3 is 0 Å². The van der Waals surface area contributed by atoms with Crippen LogP contribution in [0.2, 0.25) is 0 Å². The molecular weight excluding hydrogens is 366 g/mol. The highest BCUT2D eigenvalue weighted by atomic mass is 16.2. The van der Waals surface area contributed by atoms with Gasteiger partial charge in [0.25, 0.3) is 11.5 Å². The van der Waals surface area contributed by atoms with Gasteiger partial charge in [0.2, 0.25) is 0 Å². The van der Waals surface area contributed by atoms with E-state index in [0.29, 0.717) is 34.1 Å². The van der Waals surface area contributed by atoms with Gasteiger partial charge in [-0.25, -0.2) is 9.97 Å². The lowest BCUT2D eigenvalue weighted by molar-refractivity contribution is 0.0938. The molecule has 0 aromatic carbocycles. The van der Waals surface area contributed by atoms with Crippen LogP contribution in [0.15, 0.2) is 35.3 Å². The number of nitrogens with one attached hydrogen (secondary N) is 2. The Hall–Kier alpha value is -2.96. The number of amides is 1. The lowest BCUT2D eigenvalue weighted by atomic mass is 10.1. The zero-order valence-corrected chi connectivity index (χ0v) is 16.4. The smallest absolute Gasteiger partial charge is 0.267 e. The van der Waals surface area contributed by atoms with Crippen molar-refractivity contribution in [3.05, 3.63) is 46.4 Å². The van der Waals surface area contributed by atoms with E-state index in [2.05, 4.69) is 20.6 Å². The molecule has 0 aliphatic heterocycles. The van der Waals surface area contributed by atoms with Crippen LogP contribution >= 0.6 is 0 Å². The summed E-state index contributed by atoms with van der Waals surface area (Å²) in [7, 11) is 0. The molecule has 150 valence electrons. The summed E-state index contributed by atoms with van der Waals surface area (Å²) in [6.45, 7) is 0. The molecule has 2 fully saturated rings. The van der Waals surface area contributed by atoms with Crippen molar-refractivity contribution in [1.29, 1.82) is 0 Å². The third kappa shape index (κ3) is 3.45. The van der Waals surface area contributed by atoms with Crippen molar-refractivity contribution in [2.24, 2.45) is 0 Å². The van der Waals surface area contributed by atoms with E-state index in [0.717, 1.165) is 38.5 Å². The number of fused-ring (bicyclic) bond motifs is 2. The van der Waals surface area contributed by atoms with Gasteiger partial charge in [-0.15, -0.1) is 0 Å². The summed E-state index contributed by atoms with van der Waals surface area (Å²) >= 11 is 0. The topological polar surface area (TPSA) is 88.4 Å². The average molecular weight is 391 g/mol. The molecule has 2 aliphatic carbocycles. The zero-order valence-electron chi connectivity index (χ0n) is 16.4. The Balaban J connectivity index is 1.62. The van der Waals surface area contributed by atoms with Crippen LogP contribution in [-0.4, -0.2) is 32.4 Å². The van der Waals surface area contributed by atoms with Gasteiger partial charge in [-0.05, 0) is 43.9 Å². The summed E-state index contributed by atoms with van der Waals surface area (Å²) in [6, 6.07) is 7.59. The van der Waals surface area contributed by atoms with E-state index in [1.807, 2.05) is 6.07 Å². The number of hydrogen-bond donors (Lipinski definition) is 2. The van der Waals surface area contributed by atoms with E-state index >= 15 is 0 Å². The minimum Gasteiger partial charge on any atom is -0.367 e. The van der Waals surface area contributed by atoms with Crippen molar-refractivity contribution in [1.82, 2.24) is 19.7 Å². The molecule has 2 aliphatic rings. The number of nitrogens with zero attached hydrogens (tertiary/aromatic N) is 3. The van der Waals surface area contributed by atoms with E-state index < -0.39 is 0 Å². The van der Waals surface area contributed by atoms with Crippen molar-refractivity contribution >= 4 is 28.4 Å². The molecule has 29 heavy (non-hydrogen) atoms. The van der Waals surface area contributed by atoms with Crippen LogP contribution in [0.25, 0.3) is 16.7 Å². The Bertz CT molecular complexity index is 1130. The number of anilines is 1. The highest BCUT2D eigenvalue weighted by Gasteiger charge is 2.24. The van der Waals surface area contributed by atoms with Crippen LogP contribution in [0.3, 0.4) is 0 Å². The molecule has 5 rings (SSSR count). The standard InChI is InChI=1S/C22H25N5O2/c28-21(24-15-9-3-4-10-15)16-13-17-20(26-19(16)23-14-7-1-2-8-14)25-18-11-5-6-12-27(18)22(17)29/h5-6,11-15H,1-4,7-10H2,(H,23,26)(H,24,28). The molecule has 7 nitrogen and oxygen atoms in total. The lowest BCUT2D eigenvalue weighted by Gasteiger charge is -2.18. The number of aromatic nitrogens is 3. The largest absolute Gasteiger partial charge is 0.367 e. The first-order valence-electron chi connectivity index (χ1n) is 10.6. The third-order valence-corrected chi connectivity index (χ3v) is 6.14. The Morgan fingerprint density at radius 2 is 1.72 bits per heavy atom. The average Bonchev–Trinajstić information content (AvgIpc) is 3.42. The summed E-state index contributed by atoms with van der Waals surface area (Å²) < 4.78 is 1.49. The van der Waals surface area contributed by atoms with Crippen LogP contribution < -0.4 is 16.2 Å². The maximum atomic E-state index is 13.1. The van der Waals surface area contributed by atoms with Crippen LogP contribution in [0.1, 0.15) is 61.7 Å². The van der Waals surface area contributed by atoms with Gasteiger partial charge in [0, 0.05) is 18.3 Å². The SMILES string of the molecule is O=C(NC1CCCC1)c1cc2c(=O)n3ccccc3nc2nc1NC1CCCC1. The fraction of sp³-hybridized carbons (Fsp3) is 0.455. The van der Waals surface area contributed by atoms with E-state index in [-0.39, 0.29) is 17.5 Å². The molecule has 2 saturated carbocycles. The predicted molar refractivity (Wildman–Crippen MR) is 112 cm³/mol. The number of carbonyl (C=O) groups excluding carboxylic acids is 1. The number of hydrogen-bond acceptors (Lipinski definition) is 5. The van der Waals surface area contributed by atoms with Gasteiger partial charge in [0.15, 0.2) is 5.65 Å². The Kier molecular flexibility index (Phi) is 4.66. The van der Waals surface area contributed by atoms with Gasteiger partial charge in [-0.1, -0.05) is 31.7 Å². The first-order chi connectivity index (χ1) is 14.2. The quantitative estimate of drug-likeness (QED) is 0.667. The van der Waals surface area contributed by atoms with E-state index in [4.69, 9.17) is 0 Å². The summed E-state index contributed by atoms with van der Waals surface area (Å²) in [5.74, 6) is 0.372. The third-order valence-electron chi connectivity index (χ3n) is 6.14. The Labute approximate surface area is 168 Å². The van der Waals surface area contributed by atoms with Crippen molar-refractivity contribution in [2.75, 3.05) is 5.32 Å². The normalized spacial score (nSPS) is 17.9. The number of pyridine rings is 2. The van der Waals surface area contributed by atoms with Crippen LogP contribution in [0.5, 0.6) is 0 Å². The van der Waals surface area contributed by atoms with Crippen LogP contribution in [0.4, 0.5) is 5.82 Å². The van der Waals surface area contributed by atoms with E-state index in [1.165, 1.54) is 17.2 Å². The molecule has 0 spiro atoms. The molecule has 0 bridgehead atoms. The molecule has 1 amide bonds. The number of carbonyl (C=O) groups is 1. The van der Waals surface area contributed by atoms with Gasteiger partial charge < -0.3 is 10.6 Å². The van der Waals surface area contributed by atoms with Gasteiger partial charge in [0.05, 0.1) is 10.9 Å². The van der Waals surface area contributed by atoms with Gasteiger partial charge in [-0.2, -0.15) is 0 Å². The van der Waals surface area contributed by atoms with Crippen molar-refractivity contribution in [3.63, 3.8) is 0 Å². The summed E-state index contributed by atoms with van der Waals surface area (Å²) in [4.78, 5) is 35.3. The van der Waals surface area contributed by atoms with Crippen LogP contribution in [-0.2, 0) is 0 Å². The fourth-order valence-electron chi connectivity index (χ4n) is 4.56. The molecule has 0 atom stereocenters. The zero-order chi connectivity index (χ0) is 19.8. The molecule has 2 N–H and O–H groups in total. The molecule has 0 saturated heterocycles. The summed E-state index contributed by atoms with van der Waals surface area (Å²) in [6.07, 6.45) is 10.5. The molecule has 3 heterocycles. The monoisotopic (exact) mass is 391 g/mol. The molecule has 3 aromatic rings. The molecule has 3 aromatic heterocycles. The molecule has 0 unspecified atom stereocenters. The van der Waals surface area contributed by atoms with E-state index in [9.17, 15) is 9.59 Å². The Morgan fingerprint density at radius 1 is 1.00 bits per heavy atom. The first-order valence-corrected chi connectivity index (χ1v) is 10.6. The van der Waals surface area contributed by atoms with Crippen molar-refractivity contribution in [3.8, 4) is 0 Å². The second kappa shape index (κ2) is 7.46. The fourth-order valence-corrected chi connectivity index (χ4v) is 4.56. The second-order valence-electron chi connectivity index (χ2n) is 8.18. The van der Waals surface area contributed by atoms with Gasteiger partial charge in [-0.3, -0.25) is 14.0 Å². The molecular formula is C22H25N5O2. The van der Waals surface area contributed by atoms with Crippen molar-refractivity contribution in [2.45, 2.75) is 63.5 Å². The lowest BCUT2D eigenvalue weighted by Crippen LogP contribution is -2.34. The highest BCUT2D eigenvalue weighted by molar-refractivity contribution is 6.02. The minimum absolute atomic E-state index is 0.163. The maximum absolute atomic E-state index is 13.1. The maximum Gasteiger partial charge on any atom is 0.267 e. The molecule has 0 radical (unpaired) electrons. The summed E-state index contributed by atoms with van der Waals surface area (Å²) in [5, 5.41) is 6.95. The molecule has 7 heteroatoms. The summed E-state index contributed by atoms with van der Waals surface area (Å²) in [5.41, 5.74) is 1.15. The minimum atomic E-state index is -0.208. The van der Waals surface area contributed by atoms with E-state index in [1.54, 1.807) is 24.4 Å². The van der Waals surface area contributed by atoms with Crippen molar-refractivity contribution < 1.29 is 4.79 Å². The predicted octanol–water partition coefficient (Wildman–Crippen LogP) is 3.27. The highest BCUT2D eigenvalue weighted by Crippen LogP contribution is 2.26. The first kappa shape index (κ1) is 18.1.